The van der Waals surface area contributed by atoms with Gasteiger partial charge in [-0.3, -0.25) is 4.79 Å². The molecule has 6 aliphatic rings. The average Bonchev–Trinajstić information content (AvgIpc) is 3.44. The number of esters is 1. The minimum atomic E-state index is -0.331. The minimum Gasteiger partial charge on any atom is -0.462 e. The Morgan fingerprint density at radius 1 is 1.00 bits per heavy atom. The molecule has 1 aromatic carbocycles. The molecule has 1 unspecified atom stereocenters. The number of hydrogen-bond acceptors (Lipinski definition) is 4. The van der Waals surface area contributed by atoms with E-state index in [1.807, 2.05) is 6.92 Å². The Balaban J connectivity index is 1.01. The van der Waals surface area contributed by atoms with E-state index in [9.17, 15) is 4.79 Å². The van der Waals surface area contributed by atoms with Crippen LogP contribution in [0.5, 0.6) is 0 Å². The molecule has 0 amide bonds. The molecule has 7 rings (SSSR count). The molecule has 0 N–H and O–H groups in total. The standard InChI is InChI=1S/C40H58O4/c1-24(2)20-28-8-10-29(11-9-28)26(4)37(41)43-31-15-17-38(6)30(21-31)12-13-32-33(38)16-18-39(7)34(32)22-35-36(39)27(5)40(44-35)19-14-25(3)23-42-40/h8-12,24-27,31-36H,13-23H2,1-7H3/t25-,26?,27+,31+,32-,33+,34+,35+,36+,38+,39+,40-/m1/s1. The van der Waals surface area contributed by atoms with Crippen molar-refractivity contribution in [2.45, 2.75) is 137 Å². The Morgan fingerprint density at radius 2 is 1.77 bits per heavy atom. The van der Waals surface area contributed by atoms with E-state index in [2.05, 4.69) is 71.9 Å². The van der Waals surface area contributed by atoms with Crippen molar-refractivity contribution in [2.75, 3.05) is 6.61 Å². The molecule has 44 heavy (non-hydrogen) atoms. The van der Waals surface area contributed by atoms with Crippen LogP contribution in [0.2, 0.25) is 0 Å². The molecule has 242 valence electrons. The number of ether oxygens (including phenoxy) is 3. The number of hydrogen-bond donors (Lipinski definition) is 0. The van der Waals surface area contributed by atoms with E-state index < -0.39 is 0 Å². The molecule has 2 saturated heterocycles. The van der Waals surface area contributed by atoms with Crippen LogP contribution in [-0.4, -0.2) is 30.6 Å². The maximum Gasteiger partial charge on any atom is 0.313 e. The van der Waals surface area contributed by atoms with Gasteiger partial charge in [0.15, 0.2) is 5.79 Å². The van der Waals surface area contributed by atoms with Gasteiger partial charge in [0.25, 0.3) is 0 Å². The highest BCUT2D eigenvalue weighted by molar-refractivity contribution is 5.77. The zero-order valence-corrected chi connectivity index (χ0v) is 28.6. The zero-order valence-electron chi connectivity index (χ0n) is 28.6. The molecule has 4 heteroatoms. The van der Waals surface area contributed by atoms with Crippen molar-refractivity contribution >= 4 is 5.97 Å². The molecule has 1 aromatic rings. The number of allylic oxidation sites excluding steroid dienone is 1. The molecule has 0 radical (unpaired) electrons. The summed E-state index contributed by atoms with van der Waals surface area (Å²) in [4.78, 5) is 13.3. The van der Waals surface area contributed by atoms with Gasteiger partial charge in [0.2, 0.25) is 0 Å². The average molecular weight is 603 g/mol. The first-order valence-corrected chi connectivity index (χ1v) is 18.2. The summed E-state index contributed by atoms with van der Waals surface area (Å²) < 4.78 is 19.7. The van der Waals surface area contributed by atoms with Crippen LogP contribution in [0.4, 0.5) is 0 Å². The molecule has 3 saturated carbocycles. The molecular weight excluding hydrogens is 544 g/mol. The van der Waals surface area contributed by atoms with Gasteiger partial charge >= 0.3 is 5.97 Å². The van der Waals surface area contributed by atoms with Crippen LogP contribution in [0.3, 0.4) is 0 Å². The lowest BCUT2D eigenvalue weighted by molar-refractivity contribution is -0.272. The van der Waals surface area contributed by atoms with Gasteiger partial charge in [-0.25, -0.2) is 0 Å². The van der Waals surface area contributed by atoms with Gasteiger partial charge in [-0.2, -0.15) is 0 Å². The Hall–Kier alpha value is -1.65. The lowest BCUT2D eigenvalue weighted by Crippen LogP contribution is -2.52. The summed E-state index contributed by atoms with van der Waals surface area (Å²) in [7, 11) is 0. The largest absolute Gasteiger partial charge is 0.462 e. The van der Waals surface area contributed by atoms with E-state index in [-0.39, 0.29) is 29.2 Å². The summed E-state index contributed by atoms with van der Waals surface area (Å²) in [6.07, 6.45) is 14.4. The summed E-state index contributed by atoms with van der Waals surface area (Å²) in [5.41, 5.74) is 4.55. The summed E-state index contributed by atoms with van der Waals surface area (Å²) in [6, 6.07) is 8.59. The molecule has 2 aliphatic heterocycles. The highest BCUT2D eigenvalue weighted by atomic mass is 16.7. The third-order valence-electron chi connectivity index (χ3n) is 14.1. The predicted molar refractivity (Wildman–Crippen MR) is 175 cm³/mol. The first kappa shape index (κ1) is 31.0. The highest BCUT2D eigenvalue weighted by Crippen LogP contribution is 2.70. The SMILES string of the molecule is CC(C)Cc1ccc(C(C)C(=O)O[C@H]2CC[C@@]3(C)C(=CC[C@H]4[C@@H]5C[C@@H]6O[C@]7(CC[C@@H](C)CO7)[C@@H](C)[C@@H]6[C@@]5(C)CC[C@@H]43)C2)cc1. The molecule has 5 fully saturated rings. The monoisotopic (exact) mass is 602 g/mol. The van der Waals surface area contributed by atoms with E-state index in [0.717, 1.165) is 62.0 Å². The smallest absolute Gasteiger partial charge is 0.313 e. The molecule has 12 atom stereocenters. The van der Waals surface area contributed by atoms with Gasteiger partial charge in [0.1, 0.15) is 6.10 Å². The maximum atomic E-state index is 13.3. The lowest BCUT2D eigenvalue weighted by Gasteiger charge is -2.58. The molecule has 1 spiro atoms. The van der Waals surface area contributed by atoms with E-state index in [1.165, 1.54) is 37.7 Å². The van der Waals surface area contributed by atoms with E-state index in [4.69, 9.17) is 14.2 Å². The second-order valence-corrected chi connectivity index (χ2v) is 17.1. The fourth-order valence-electron chi connectivity index (χ4n) is 11.6. The van der Waals surface area contributed by atoms with Crippen molar-refractivity contribution in [3.8, 4) is 0 Å². The summed E-state index contributed by atoms with van der Waals surface area (Å²) in [5.74, 6) is 3.94. The van der Waals surface area contributed by atoms with Gasteiger partial charge in [0, 0.05) is 18.8 Å². The molecular formula is C40H58O4. The van der Waals surface area contributed by atoms with Crippen molar-refractivity contribution in [3.05, 3.63) is 47.0 Å². The Labute approximate surface area is 267 Å². The lowest BCUT2D eigenvalue weighted by atomic mass is 9.47. The van der Waals surface area contributed by atoms with Gasteiger partial charge < -0.3 is 14.2 Å². The highest BCUT2D eigenvalue weighted by Gasteiger charge is 2.68. The second-order valence-electron chi connectivity index (χ2n) is 17.1. The Bertz CT molecular complexity index is 1260. The quantitative estimate of drug-likeness (QED) is 0.249. The second kappa shape index (κ2) is 11.3. The fraction of sp³-hybridized carbons (Fsp3) is 0.775. The summed E-state index contributed by atoms with van der Waals surface area (Å²) in [5, 5.41) is 0. The molecule has 0 bridgehead atoms. The van der Waals surface area contributed by atoms with Crippen LogP contribution in [0.1, 0.15) is 123 Å². The predicted octanol–water partition coefficient (Wildman–Crippen LogP) is 9.27. The van der Waals surface area contributed by atoms with Crippen LogP contribution >= 0.6 is 0 Å². The fourth-order valence-corrected chi connectivity index (χ4v) is 11.6. The number of carbonyl (C=O) groups is 1. The van der Waals surface area contributed by atoms with Gasteiger partial charge in [-0.05, 0) is 116 Å². The van der Waals surface area contributed by atoms with Crippen molar-refractivity contribution in [3.63, 3.8) is 0 Å². The molecule has 2 heterocycles. The third-order valence-corrected chi connectivity index (χ3v) is 14.1. The van der Waals surface area contributed by atoms with Gasteiger partial charge in [-0.1, -0.05) is 77.5 Å². The third kappa shape index (κ3) is 4.95. The van der Waals surface area contributed by atoms with Crippen LogP contribution in [0.25, 0.3) is 0 Å². The van der Waals surface area contributed by atoms with Gasteiger partial charge in [0.05, 0.1) is 18.6 Å². The summed E-state index contributed by atoms with van der Waals surface area (Å²) in [6.45, 7) is 17.3. The van der Waals surface area contributed by atoms with Gasteiger partial charge in [-0.15, -0.1) is 0 Å². The molecule has 4 aliphatic carbocycles. The van der Waals surface area contributed by atoms with Crippen LogP contribution in [-0.2, 0) is 25.4 Å². The maximum absolute atomic E-state index is 13.3. The minimum absolute atomic E-state index is 0.00406. The summed E-state index contributed by atoms with van der Waals surface area (Å²) >= 11 is 0. The van der Waals surface area contributed by atoms with Crippen LogP contribution in [0, 0.1) is 52.3 Å². The number of carbonyl (C=O) groups excluding carboxylic acids is 1. The Morgan fingerprint density at radius 3 is 2.48 bits per heavy atom. The van der Waals surface area contributed by atoms with E-state index in [1.54, 1.807) is 5.57 Å². The van der Waals surface area contributed by atoms with Crippen molar-refractivity contribution in [1.29, 1.82) is 0 Å². The van der Waals surface area contributed by atoms with E-state index in [0.29, 0.717) is 35.2 Å². The van der Waals surface area contributed by atoms with E-state index >= 15 is 0 Å². The number of benzene rings is 1. The molecule has 4 nitrogen and oxygen atoms in total. The normalized spacial score (nSPS) is 45.2. The van der Waals surface area contributed by atoms with Crippen molar-refractivity contribution in [2.24, 2.45) is 52.3 Å². The van der Waals surface area contributed by atoms with Crippen molar-refractivity contribution in [1.82, 2.24) is 0 Å². The first-order chi connectivity index (χ1) is 20.9. The van der Waals surface area contributed by atoms with Crippen molar-refractivity contribution < 1.29 is 19.0 Å². The first-order valence-electron chi connectivity index (χ1n) is 18.2. The zero-order chi connectivity index (χ0) is 31.0. The molecule has 0 aromatic heterocycles. The van der Waals surface area contributed by atoms with Crippen LogP contribution in [0.15, 0.2) is 35.9 Å². The number of rotatable bonds is 5. The van der Waals surface area contributed by atoms with Crippen LogP contribution < -0.4 is 0 Å². The topological polar surface area (TPSA) is 44.8 Å². The number of fused-ring (bicyclic) bond motifs is 7. The Kier molecular flexibility index (Phi) is 7.92.